The van der Waals surface area contributed by atoms with Gasteiger partial charge in [-0.1, -0.05) is 43.1 Å². The Balaban J connectivity index is 3.01. The first-order valence-corrected chi connectivity index (χ1v) is 4.85. The monoisotopic (exact) mass is 202 g/mol. The molecular weight excluding hydrogens is 191 g/mol. The van der Waals surface area contributed by atoms with E-state index in [9.17, 15) is 0 Å². The van der Waals surface area contributed by atoms with E-state index >= 15 is 0 Å². The fraction of sp³-hybridized carbons (Fsp3) is 0.400. The van der Waals surface area contributed by atoms with Gasteiger partial charge < -0.3 is 0 Å². The summed E-state index contributed by atoms with van der Waals surface area (Å²) in [7, 11) is 0. The molecule has 0 fully saturated rings. The lowest BCUT2D eigenvalue weighted by Gasteiger charge is -2.10. The van der Waals surface area contributed by atoms with Crippen molar-refractivity contribution in [1.82, 2.24) is 0 Å². The maximum Gasteiger partial charge on any atom is 0.0455 e. The van der Waals surface area contributed by atoms with Crippen molar-refractivity contribution in [2.24, 2.45) is 0 Å². The smallest absolute Gasteiger partial charge is 0.0455 e. The number of rotatable bonds is 2. The minimum absolute atomic E-state index is 0.509. The predicted octanol–water partition coefficient (Wildman–Crippen LogP) is 4.51. The summed E-state index contributed by atoms with van der Waals surface area (Å²) in [4.78, 5) is 0. The van der Waals surface area contributed by atoms with E-state index in [0.717, 1.165) is 11.4 Å². The van der Waals surface area contributed by atoms with E-state index in [1.54, 1.807) is 6.07 Å². The second-order valence-corrected chi connectivity index (χ2v) is 3.82. The maximum absolute atomic E-state index is 6.02. The van der Waals surface area contributed by atoms with Crippen LogP contribution in [0.4, 0.5) is 0 Å². The average molecular weight is 203 g/mol. The van der Waals surface area contributed by atoms with Gasteiger partial charge in [-0.2, -0.15) is 0 Å². The average Bonchev–Trinajstić information content (AvgIpc) is 2.03. The van der Waals surface area contributed by atoms with Gasteiger partial charge in [0.1, 0.15) is 0 Å². The minimum atomic E-state index is 0.509. The Bertz CT molecular complexity index is 269. The molecular formula is C10H12Cl2. The number of halogens is 2. The Morgan fingerprint density at radius 3 is 2.50 bits per heavy atom. The normalized spacial score (nSPS) is 13.0. The Labute approximate surface area is 83.5 Å². The fourth-order valence-electron chi connectivity index (χ4n) is 1.12. The van der Waals surface area contributed by atoms with Gasteiger partial charge in [0.25, 0.3) is 0 Å². The molecule has 0 aliphatic heterocycles. The molecule has 0 bridgehead atoms. The molecule has 1 rings (SSSR count). The molecule has 0 heterocycles. The van der Waals surface area contributed by atoms with Crippen molar-refractivity contribution in [3.63, 3.8) is 0 Å². The molecule has 0 aliphatic carbocycles. The van der Waals surface area contributed by atoms with Gasteiger partial charge in [0, 0.05) is 10.0 Å². The molecule has 1 aromatic carbocycles. The zero-order valence-corrected chi connectivity index (χ0v) is 8.78. The van der Waals surface area contributed by atoms with Crippen LogP contribution in [0.5, 0.6) is 0 Å². The molecule has 0 aromatic heterocycles. The van der Waals surface area contributed by atoms with Crippen molar-refractivity contribution in [3.05, 3.63) is 33.8 Å². The molecule has 0 spiro atoms. The molecule has 0 radical (unpaired) electrons. The number of hydrogen-bond acceptors (Lipinski definition) is 0. The molecule has 12 heavy (non-hydrogen) atoms. The van der Waals surface area contributed by atoms with Gasteiger partial charge in [0.2, 0.25) is 0 Å². The van der Waals surface area contributed by atoms with E-state index in [1.165, 1.54) is 5.56 Å². The van der Waals surface area contributed by atoms with Gasteiger partial charge in [0.15, 0.2) is 0 Å². The highest BCUT2D eigenvalue weighted by Crippen LogP contribution is 2.28. The molecule has 0 amide bonds. The van der Waals surface area contributed by atoms with Crippen LogP contribution in [0.25, 0.3) is 0 Å². The molecule has 2 heteroatoms. The summed E-state index contributed by atoms with van der Waals surface area (Å²) in [6, 6.07) is 5.68. The highest BCUT2D eigenvalue weighted by molar-refractivity contribution is 6.35. The fourth-order valence-corrected chi connectivity index (χ4v) is 1.72. The van der Waals surface area contributed by atoms with Gasteiger partial charge in [-0.05, 0) is 30.0 Å². The van der Waals surface area contributed by atoms with Crippen molar-refractivity contribution >= 4 is 23.2 Å². The van der Waals surface area contributed by atoms with E-state index in [1.807, 2.05) is 12.1 Å². The lowest BCUT2D eigenvalue weighted by atomic mass is 9.99. The van der Waals surface area contributed by atoms with E-state index in [0.29, 0.717) is 10.9 Å². The largest absolute Gasteiger partial charge is 0.0843 e. The Hall–Kier alpha value is -0.200. The van der Waals surface area contributed by atoms with Crippen LogP contribution < -0.4 is 0 Å². The van der Waals surface area contributed by atoms with E-state index in [2.05, 4.69) is 13.8 Å². The van der Waals surface area contributed by atoms with Crippen LogP contribution >= 0.6 is 23.2 Å². The molecule has 66 valence electrons. The third-order valence-corrected chi connectivity index (χ3v) is 2.67. The van der Waals surface area contributed by atoms with Gasteiger partial charge in [0.05, 0.1) is 0 Å². The van der Waals surface area contributed by atoms with Gasteiger partial charge in [-0.25, -0.2) is 0 Å². The van der Waals surface area contributed by atoms with Gasteiger partial charge in [-0.15, -0.1) is 0 Å². The highest BCUT2D eigenvalue weighted by Gasteiger charge is 2.07. The van der Waals surface area contributed by atoms with Crippen molar-refractivity contribution in [2.75, 3.05) is 0 Å². The topological polar surface area (TPSA) is 0 Å². The first-order chi connectivity index (χ1) is 5.65. The summed E-state index contributed by atoms with van der Waals surface area (Å²) in [5, 5.41) is 1.48. The van der Waals surface area contributed by atoms with Crippen LogP contribution in [0, 0.1) is 0 Å². The molecule has 1 aromatic rings. The van der Waals surface area contributed by atoms with E-state index in [-0.39, 0.29) is 0 Å². The minimum Gasteiger partial charge on any atom is -0.0843 e. The lowest BCUT2D eigenvalue weighted by molar-refractivity contribution is 0.734. The molecule has 0 saturated carbocycles. The molecule has 0 N–H and O–H groups in total. The van der Waals surface area contributed by atoms with Gasteiger partial charge >= 0.3 is 0 Å². The molecule has 0 nitrogen and oxygen atoms in total. The van der Waals surface area contributed by atoms with Crippen LogP contribution in [-0.4, -0.2) is 0 Å². The first-order valence-electron chi connectivity index (χ1n) is 4.10. The SMILES string of the molecule is CCC(C)c1ccc(Cl)cc1Cl. The molecule has 1 atom stereocenters. The van der Waals surface area contributed by atoms with Crippen molar-refractivity contribution in [2.45, 2.75) is 26.2 Å². The van der Waals surface area contributed by atoms with Crippen LogP contribution in [0.3, 0.4) is 0 Å². The quantitative estimate of drug-likeness (QED) is 0.663. The Morgan fingerprint density at radius 2 is 2.00 bits per heavy atom. The summed E-state index contributed by atoms with van der Waals surface area (Å²) in [5.41, 5.74) is 1.18. The van der Waals surface area contributed by atoms with E-state index in [4.69, 9.17) is 23.2 Å². The van der Waals surface area contributed by atoms with Crippen molar-refractivity contribution < 1.29 is 0 Å². The second-order valence-electron chi connectivity index (χ2n) is 2.98. The molecule has 1 unspecified atom stereocenters. The molecule has 0 saturated heterocycles. The Morgan fingerprint density at radius 1 is 1.33 bits per heavy atom. The lowest BCUT2D eigenvalue weighted by Crippen LogP contribution is -1.91. The highest BCUT2D eigenvalue weighted by atomic mass is 35.5. The standard InChI is InChI=1S/C10H12Cl2/c1-3-7(2)9-5-4-8(11)6-10(9)12/h4-7H,3H2,1-2H3. The maximum atomic E-state index is 6.02. The summed E-state index contributed by atoms with van der Waals surface area (Å²) < 4.78 is 0. The van der Waals surface area contributed by atoms with Crippen LogP contribution in [0.2, 0.25) is 10.0 Å². The zero-order valence-electron chi connectivity index (χ0n) is 7.27. The van der Waals surface area contributed by atoms with E-state index < -0.39 is 0 Å². The third kappa shape index (κ3) is 2.15. The zero-order chi connectivity index (χ0) is 9.14. The van der Waals surface area contributed by atoms with Crippen molar-refractivity contribution in [1.29, 1.82) is 0 Å². The van der Waals surface area contributed by atoms with Gasteiger partial charge in [-0.3, -0.25) is 0 Å². The summed E-state index contributed by atoms with van der Waals surface area (Å²) in [6.45, 7) is 4.31. The number of benzene rings is 1. The van der Waals surface area contributed by atoms with Crippen LogP contribution in [-0.2, 0) is 0 Å². The number of hydrogen-bond donors (Lipinski definition) is 0. The summed E-state index contributed by atoms with van der Waals surface area (Å²) in [6.07, 6.45) is 1.10. The van der Waals surface area contributed by atoms with Crippen molar-refractivity contribution in [3.8, 4) is 0 Å². The summed E-state index contributed by atoms with van der Waals surface area (Å²) in [5.74, 6) is 0.509. The Kier molecular flexibility index (Phi) is 3.42. The third-order valence-electron chi connectivity index (χ3n) is 2.11. The predicted molar refractivity (Wildman–Crippen MR) is 55.2 cm³/mol. The van der Waals surface area contributed by atoms with Crippen LogP contribution in [0.15, 0.2) is 18.2 Å². The summed E-state index contributed by atoms with van der Waals surface area (Å²) >= 11 is 11.8. The second kappa shape index (κ2) is 4.15. The van der Waals surface area contributed by atoms with Crippen LogP contribution in [0.1, 0.15) is 31.7 Å². The first kappa shape index (κ1) is 9.88. The molecule has 0 aliphatic rings.